The molecule has 1 heterocycles. The van der Waals surface area contributed by atoms with E-state index in [-0.39, 0.29) is 6.07 Å². The molecule has 0 unspecified atom stereocenters. The van der Waals surface area contributed by atoms with Gasteiger partial charge in [-0.25, -0.2) is 9.78 Å². The number of pyridine rings is 1. The number of nitrogens with zero attached hydrogens (tertiary/aromatic N) is 1. The van der Waals surface area contributed by atoms with Crippen LogP contribution in [-0.2, 0) is 11.5 Å². The fourth-order valence-corrected chi connectivity index (χ4v) is 1.69. The standard InChI is InChI=1S/C9H4BrF6NO3/c10-2-4-6(8(11,12)13)5(20-9(14,15)16)1-3(17-4)7(18)19/h1H,2H2,(H,18,19). The minimum atomic E-state index is -5.40. The fourth-order valence-electron chi connectivity index (χ4n) is 1.29. The summed E-state index contributed by atoms with van der Waals surface area (Å²) in [6.07, 6.45) is -10.6. The number of halogens is 7. The fraction of sp³-hybridized carbons (Fsp3) is 0.333. The van der Waals surface area contributed by atoms with Crippen LogP contribution in [0.1, 0.15) is 21.7 Å². The summed E-state index contributed by atoms with van der Waals surface area (Å²) in [4.78, 5) is 13.8. The second-order valence-electron chi connectivity index (χ2n) is 3.31. The molecule has 1 aromatic heterocycles. The van der Waals surface area contributed by atoms with Crippen LogP contribution in [0.25, 0.3) is 0 Å². The van der Waals surface area contributed by atoms with Crippen molar-refractivity contribution in [3.63, 3.8) is 0 Å². The zero-order chi connectivity index (χ0) is 15.7. The van der Waals surface area contributed by atoms with Crippen LogP contribution >= 0.6 is 15.9 Å². The van der Waals surface area contributed by atoms with E-state index < -0.39 is 46.5 Å². The third kappa shape index (κ3) is 3.99. The number of rotatable bonds is 3. The molecule has 1 aromatic rings. The topological polar surface area (TPSA) is 59.4 Å². The van der Waals surface area contributed by atoms with Crippen LogP contribution in [0.3, 0.4) is 0 Å². The number of alkyl halides is 7. The van der Waals surface area contributed by atoms with Gasteiger partial charge in [-0.05, 0) is 0 Å². The van der Waals surface area contributed by atoms with Crippen LogP contribution in [0.15, 0.2) is 6.07 Å². The second kappa shape index (κ2) is 5.46. The predicted octanol–water partition coefficient (Wildman–Crippen LogP) is 3.59. The highest BCUT2D eigenvalue weighted by Gasteiger charge is 2.42. The summed E-state index contributed by atoms with van der Waals surface area (Å²) in [6.45, 7) is 0. The van der Waals surface area contributed by atoms with E-state index in [0.717, 1.165) is 0 Å². The first-order chi connectivity index (χ1) is 8.95. The van der Waals surface area contributed by atoms with E-state index in [4.69, 9.17) is 5.11 Å². The number of carboxylic acids is 1. The summed E-state index contributed by atoms with van der Waals surface area (Å²) in [5.41, 5.74) is -3.69. The molecule has 0 fully saturated rings. The van der Waals surface area contributed by atoms with Crippen molar-refractivity contribution >= 4 is 21.9 Å². The minimum absolute atomic E-state index is 0.0742. The van der Waals surface area contributed by atoms with Crippen molar-refractivity contribution in [2.45, 2.75) is 17.9 Å². The van der Waals surface area contributed by atoms with Crippen LogP contribution in [0.5, 0.6) is 5.75 Å². The molecule has 0 aromatic carbocycles. The van der Waals surface area contributed by atoms with Gasteiger partial charge in [0.2, 0.25) is 0 Å². The van der Waals surface area contributed by atoms with Crippen LogP contribution in [0.4, 0.5) is 26.3 Å². The van der Waals surface area contributed by atoms with E-state index in [1.807, 2.05) is 0 Å². The number of ether oxygens (including phenoxy) is 1. The van der Waals surface area contributed by atoms with E-state index in [9.17, 15) is 31.1 Å². The molecule has 0 aliphatic heterocycles. The summed E-state index contributed by atoms with van der Waals surface area (Å²) < 4.78 is 77.8. The highest BCUT2D eigenvalue weighted by molar-refractivity contribution is 9.08. The zero-order valence-corrected chi connectivity index (χ0v) is 10.7. The summed E-state index contributed by atoms with van der Waals surface area (Å²) in [7, 11) is 0. The van der Waals surface area contributed by atoms with Crippen molar-refractivity contribution in [2.24, 2.45) is 0 Å². The van der Waals surface area contributed by atoms with Crippen molar-refractivity contribution in [2.75, 3.05) is 0 Å². The average molecular weight is 368 g/mol. The molecule has 0 saturated heterocycles. The Morgan fingerprint density at radius 3 is 2.20 bits per heavy atom. The van der Waals surface area contributed by atoms with Crippen LogP contribution in [-0.4, -0.2) is 22.4 Å². The van der Waals surface area contributed by atoms with Crippen LogP contribution in [0.2, 0.25) is 0 Å². The van der Waals surface area contributed by atoms with Gasteiger partial charge in [0.25, 0.3) is 0 Å². The minimum Gasteiger partial charge on any atom is -0.477 e. The first kappa shape index (κ1) is 16.5. The maximum absolute atomic E-state index is 12.7. The summed E-state index contributed by atoms with van der Waals surface area (Å²) in [6, 6.07) is 0.0742. The largest absolute Gasteiger partial charge is 0.573 e. The smallest absolute Gasteiger partial charge is 0.477 e. The van der Waals surface area contributed by atoms with Gasteiger partial charge in [-0.3, -0.25) is 0 Å². The molecule has 0 bridgehead atoms. The monoisotopic (exact) mass is 367 g/mol. The molecule has 0 amide bonds. The number of aromatic nitrogens is 1. The lowest BCUT2D eigenvalue weighted by molar-refractivity contribution is -0.276. The van der Waals surface area contributed by atoms with Crippen molar-refractivity contribution < 1.29 is 41.0 Å². The quantitative estimate of drug-likeness (QED) is 0.655. The van der Waals surface area contributed by atoms with Gasteiger partial charge in [0.05, 0.1) is 5.69 Å². The molecule has 11 heteroatoms. The lowest BCUT2D eigenvalue weighted by Crippen LogP contribution is -2.22. The average Bonchev–Trinajstić information content (AvgIpc) is 2.23. The number of aromatic carboxylic acids is 1. The number of carbonyl (C=O) groups is 1. The van der Waals surface area contributed by atoms with Crippen molar-refractivity contribution in [1.82, 2.24) is 4.98 Å². The molecular weight excluding hydrogens is 364 g/mol. The molecule has 0 aliphatic carbocycles. The Kier molecular flexibility index (Phi) is 4.52. The molecular formula is C9H4BrF6NO3. The Morgan fingerprint density at radius 1 is 1.30 bits per heavy atom. The van der Waals surface area contributed by atoms with Gasteiger partial charge in [0.15, 0.2) is 5.69 Å². The number of hydrogen-bond acceptors (Lipinski definition) is 3. The Morgan fingerprint density at radius 2 is 1.85 bits per heavy atom. The summed E-state index contributed by atoms with van der Waals surface area (Å²) >= 11 is 2.61. The molecule has 112 valence electrons. The lowest BCUT2D eigenvalue weighted by atomic mass is 10.1. The highest BCUT2D eigenvalue weighted by atomic mass is 79.9. The molecule has 20 heavy (non-hydrogen) atoms. The molecule has 1 N–H and O–H groups in total. The SMILES string of the molecule is O=C(O)c1cc(OC(F)(F)F)c(C(F)(F)F)c(CBr)n1. The van der Waals surface area contributed by atoms with Crippen molar-refractivity contribution in [1.29, 1.82) is 0 Å². The van der Waals surface area contributed by atoms with Gasteiger partial charge in [-0.15, -0.1) is 13.2 Å². The summed E-state index contributed by atoms with van der Waals surface area (Å²) in [5, 5.41) is 8.03. The number of carboxylic acid groups (broad SMARTS) is 1. The Labute approximate surface area is 115 Å². The first-order valence-corrected chi connectivity index (χ1v) is 5.74. The zero-order valence-electron chi connectivity index (χ0n) is 9.14. The van der Waals surface area contributed by atoms with E-state index in [0.29, 0.717) is 0 Å². The van der Waals surface area contributed by atoms with Gasteiger partial charge in [-0.1, -0.05) is 15.9 Å². The predicted molar refractivity (Wildman–Crippen MR) is 55.5 cm³/mol. The Hall–Kier alpha value is -1.52. The normalized spacial score (nSPS) is 12.3. The van der Waals surface area contributed by atoms with E-state index >= 15 is 0 Å². The van der Waals surface area contributed by atoms with E-state index in [1.54, 1.807) is 0 Å². The molecule has 0 radical (unpaired) electrons. The maximum Gasteiger partial charge on any atom is 0.573 e. The summed E-state index contributed by atoms with van der Waals surface area (Å²) in [5.74, 6) is -3.44. The van der Waals surface area contributed by atoms with Gasteiger partial charge < -0.3 is 9.84 Å². The molecule has 0 spiro atoms. The lowest BCUT2D eigenvalue weighted by Gasteiger charge is -2.18. The van der Waals surface area contributed by atoms with Crippen LogP contribution in [0, 0.1) is 0 Å². The molecule has 4 nitrogen and oxygen atoms in total. The first-order valence-electron chi connectivity index (χ1n) is 4.62. The van der Waals surface area contributed by atoms with Gasteiger partial charge in [0, 0.05) is 11.4 Å². The third-order valence-electron chi connectivity index (χ3n) is 1.91. The molecule has 0 atom stereocenters. The maximum atomic E-state index is 12.7. The van der Waals surface area contributed by atoms with Gasteiger partial charge >= 0.3 is 18.5 Å². The molecule has 0 aliphatic rings. The second-order valence-corrected chi connectivity index (χ2v) is 3.87. The molecule has 0 saturated carbocycles. The number of hydrogen-bond donors (Lipinski definition) is 1. The highest BCUT2D eigenvalue weighted by Crippen LogP contribution is 2.41. The van der Waals surface area contributed by atoms with Gasteiger partial charge in [-0.2, -0.15) is 13.2 Å². The Balaban J connectivity index is 3.57. The van der Waals surface area contributed by atoms with E-state index in [2.05, 4.69) is 25.7 Å². The molecule has 1 rings (SSSR count). The van der Waals surface area contributed by atoms with Crippen LogP contribution < -0.4 is 4.74 Å². The van der Waals surface area contributed by atoms with Crippen molar-refractivity contribution in [3.8, 4) is 5.75 Å². The van der Waals surface area contributed by atoms with Gasteiger partial charge in [0.1, 0.15) is 11.3 Å². The van der Waals surface area contributed by atoms with E-state index in [1.165, 1.54) is 0 Å². The Bertz CT molecular complexity index is 528. The third-order valence-corrected chi connectivity index (χ3v) is 2.44. The van der Waals surface area contributed by atoms with Crippen molar-refractivity contribution in [3.05, 3.63) is 23.0 Å².